The number of terminal acetylenes is 1. The number of hydrogen-bond donors (Lipinski definition) is 10. The lowest BCUT2D eigenvalue weighted by Gasteiger charge is -2.38. The first-order valence-corrected chi connectivity index (χ1v) is 51.9. The van der Waals surface area contributed by atoms with Gasteiger partial charge in [0.15, 0.2) is 0 Å². The maximum absolute atomic E-state index is 14.6. The van der Waals surface area contributed by atoms with Crippen molar-refractivity contribution in [1.29, 1.82) is 0 Å². The lowest BCUT2D eigenvalue weighted by Crippen LogP contribution is -2.49. The maximum atomic E-state index is 14.6. The summed E-state index contributed by atoms with van der Waals surface area (Å²) in [4.78, 5) is 132. The van der Waals surface area contributed by atoms with Crippen LogP contribution in [-0.2, 0) is 57.4 Å². The van der Waals surface area contributed by atoms with Gasteiger partial charge in [0.2, 0.25) is 29.5 Å². The van der Waals surface area contributed by atoms with Gasteiger partial charge in [-0.2, -0.15) is 0 Å². The molecular formula is C113H162FN25O8. The Labute approximate surface area is 867 Å². The van der Waals surface area contributed by atoms with E-state index in [4.69, 9.17) is 20.6 Å². The molecule has 11 aliphatic rings. The van der Waals surface area contributed by atoms with Crippen LogP contribution in [-0.4, -0.2) is 267 Å². The Bertz CT molecular complexity index is 6110. The molecule has 0 bridgehead atoms. The molecule has 794 valence electrons. The molecule has 6 saturated carbocycles. The number of ether oxygens (including phenoxy) is 3. The van der Waals surface area contributed by atoms with Crippen molar-refractivity contribution in [3.63, 3.8) is 0 Å². The number of fused-ring (bicyclic) bond motifs is 5. The van der Waals surface area contributed by atoms with Crippen molar-refractivity contribution in [2.75, 3.05) is 86.7 Å². The quantitative estimate of drug-likeness (QED) is 0.0124. The number of methoxy groups -OCH3 is 2. The number of halogens is 1. The zero-order chi connectivity index (χ0) is 101. The number of nitrogens with one attached hydrogen (secondary N) is 10. The summed E-state index contributed by atoms with van der Waals surface area (Å²) in [5, 5.41) is 23.2. The van der Waals surface area contributed by atoms with E-state index in [1.165, 1.54) is 83.9 Å². The molecule has 10 aromatic heterocycles. The molecule has 5 saturated heterocycles. The number of aromatic nitrogens is 15. The van der Waals surface area contributed by atoms with Crippen LogP contribution < -0.4 is 26.6 Å². The van der Waals surface area contributed by atoms with Crippen molar-refractivity contribution < 1.29 is 42.6 Å². The second-order valence-corrected chi connectivity index (χ2v) is 42.9. The molecule has 34 heteroatoms. The molecule has 11 fully saturated rings. The topological polar surface area (TPSA) is 397 Å². The molecule has 147 heavy (non-hydrogen) atoms. The van der Waals surface area contributed by atoms with E-state index in [2.05, 4.69) is 200 Å². The van der Waals surface area contributed by atoms with Crippen LogP contribution in [0.2, 0.25) is 0 Å². The average molecular weight is 2020 g/mol. The molecule has 15 atom stereocenters. The minimum atomic E-state index is -1.01. The summed E-state index contributed by atoms with van der Waals surface area (Å²) in [5.41, 5.74) is 9.69. The van der Waals surface area contributed by atoms with Crippen molar-refractivity contribution in [2.45, 2.75) is 335 Å². The number of alkyl halides is 1. The predicted octanol–water partition coefficient (Wildman–Crippen LogP) is 19.4. The first-order valence-electron chi connectivity index (χ1n) is 51.9. The van der Waals surface area contributed by atoms with Gasteiger partial charge in [-0.05, 0) is 289 Å². The van der Waals surface area contributed by atoms with Gasteiger partial charge in [0.1, 0.15) is 101 Å². The standard InChI is InChI=1S/C23H30FN5O.C22H27N5O2.C22H31N5O.2C21H29N5O2.4CH4/c1-4-18(30)29-11-16(6-5-14(29)2)28-21-19-17(10-25-20(19)26-13-27-21)15-7-8-23(9-15)12-22(23,3)24;1-4-8-29-12-15-9-17(15)18-10-23-21-20(18)22(25-13-24-21)26-16-7-6-14(3)27(11-16)19(28)5-2;1-4-18(28)27-13-17(8-7-15(27)2)26-21-19-16(11-22(3)9-5-6-10-22)12-23-20(19)24-14-25-21;2*1-4-18(27)26-11-16(6-5-13(26)2)25-21-19-15(7-14-8-17(9-14)28-3)10-22-20(19)23-12-24-21;;;;/h4,10,13-16H,1,5-9,11-12H2,2-3H3,(H2,25,26,27,28);1,5,10,13-17H,2,6-9,11-12H2,3H3,(H2,23,24,25,26);4,12,14-15,17H,1,5-11,13H2,2-3H3,(H2,23,24,25,26);2*4,10,12-14,16-17H,1,5-9,11H2,2-3H3,(H2,22,23,24,25);4*1H4/t14-,15-,16+,22?,23-;14-,15?,16+,17?;15-,17+;2*13-,14?,16+,17?;;;;/m00000..../s1. The molecule has 33 nitrogen and oxygen atoms in total. The van der Waals surface area contributed by atoms with Gasteiger partial charge in [-0.15, -0.1) is 6.42 Å². The Hall–Kier alpha value is -12.5. The molecule has 5 amide bonds. The highest BCUT2D eigenvalue weighted by Gasteiger charge is 2.68. The van der Waals surface area contributed by atoms with Crippen LogP contribution in [0.1, 0.15) is 266 Å². The monoisotopic (exact) mass is 2020 g/mol. The number of nitrogens with zero attached hydrogens (tertiary/aromatic N) is 15. The van der Waals surface area contributed by atoms with Crippen molar-refractivity contribution in [1.82, 2.24) is 99.3 Å². The van der Waals surface area contributed by atoms with Crippen LogP contribution >= 0.6 is 0 Å². The van der Waals surface area contributed by atoms with E-state index in [1.54, 1.807) is 52.8 Å². The van der Waals surface area contributed by atoms with E-state index in [-0.39, 0.29) is 125 Å². The molecule has 6 aliphatic carbocycles. The fraction of sp³-hybridized carbons (Fsp3) is 0.584. The predicted molar refractivity (Wildman–Crippen MR) is 585 cm³/mol. The molecular weight excluding hydrogens is 1850 g/mol. The van der Waals surface area contributed by atoms with Crippen LogP contribution in [0.25, 0.3) is 55.2 Å². The summed E-state index contributed by atoms with van der Waals surface area (Å²) in [6.45, 7) is 37.1. The van der Waals surface area contributed by atoms with E-state index >= 15 is 0 Å². The molecule has 10 aromatic rings. The third-order valence-electron chi connectivity index (χ3n) is 33.1. The number of piperidine rings is 5. The zero-order valence-electron chi connectivity index (χ0n) is 84.8. The second kappa shape index (κ2) is 49.1. The fourth-order valence-corrected chi connectivity index (χ4v) is 24.1. The Morgan fingerprint density at radius 2 is 0.741 bits per heavy atom. The lowest BCUT2D eigenvalue weighted by atomic mass is 9.78. The van der Waals surface area contributed by atoms with Crippen LogP contribution in [0.15, 0.2) is 126 Å². The zero-order valence-corrected chi connectivity index (χ0v) is 84.8. The third-order valence-corrected chi connectivity index (χ3v) is 33.1. The average Bonchev–Trinajstić information content (AvgIpc) is 1.54. The van der Waals surface area contributed by atoms with Gasteiger partial charge >= 0.3 is 0 Å². The molecule has 5 aliphatic heterocycles. The van der Waals surface area contributed by atoms with Gasteiger partial charge in [-0.3, -0.25) is 24.0 Å². The van der Waals surface area contributed by atoms with Crippen LogP contribution in [0, 0.1) is 40.9 Å². The summed E-state index contributed by atoms with van der Waals surface area (Å²) >= 11 is 0. The van der Waals surface area contributed by atoms with Gasteiger partial charge in [0.05, 0.1) is 45.7 Å². The maximum Gasteiger partial charge on any atom is 0.246 e. The summed E-state index contributed by atoms with van der Waals surface area (Å²) in [6, 6.07) is 1.95. The largest absolute Gasteiger partial charge is 0.381 e. The summed E-state index contributed by atoms with van der Waals surface area (Å²) < 4.78 is 30.9. The van der Waals surface area contributed by atoms with E-state index in [9.17, 15) is 28.4 Å². The minimum Gasteiger partial charge on any atom is -0.381 e. The van der Waals surface area contributed by atoms with Gasteiger partial charge in [-0.25, -0.2) is 54.2 Å². The Morgan fingerprint density at radius 3 is 1.06 bits per heavy atom. The van der Waals surface area contributed by atoms with Crippen molar-refractivity contribution in [3.8, 4) is 12.3 Å². The highest BCUT2D eigenvalue weighted by Crippen LogP contribution is 2.70. The normalized spacial score (nSPS) is 27.5. The number of H-pyrrole nitrogens is 5. The van der Waals surface area contributed by atoms with Crippen LogP contribution in [0.3, 0.4) is 0 Å². The number of amides is 5. The lowest BCUT2D eigenvalue weighted by molar-refractivity contribution is -0.130. The minimum absolute atomic E-state index is 0. The summed E-state index contributed by atoms with van der Waals surface area (Å²) in [6.07, 6.45) is 58.4. The highest BCUT2D eigenvalue weighted by molar-refractivity contribution is 5.96. The fourth-order valence-electron chi connectivity index (χ4n) is 24.1. The molecule has 21 rings (SSSR count). The van der Waals surface area contributed by atoms with Crippen molar-refractivity contribution in [3.05, 3.63) is 154 Å². The van der Waals surface area contributed by atoms with Crippen LogP contribution in [0.4, 0.5) is 33.5 Å². The summed E-state index contributed by atoms with van der Waals surface area (Å²) in [5.74, 6) is 9.20. The number of likely N-dealkylation sites (tertiary alicyclic amines) is 5. The van der Waals surface area contributed by atoms with Crippen molar-refractivity contribution in [2.24, 2.45) is 28.6 Å². The molecule has 3 unspecified atom stereocenters. The van der Waals surface area contributed by atoms with E-state index < -0.39 is 5.67 Å². The number of aromatic amines is 5. The molecule has 0 aromatic carbocycles. The number of hydrogen-bond acceptors (Lipinski definition) is 23. The number of carbonyl (C=O) groups excluding carboxylic acids is 5. The SMILES string of the molecule is C.C.C.C.C#CCOCC1CC1c1c[nH]c2ncnc(N[C@@H]3CC[C@H](C)N(C(=O)C=C)C3)c12.C=CC(=O)N1C[C@H](Nc2ncnc3[nH]cc(CC4(C)CCCC4)c23)CC[C@@H]1C.C=CC(=O)N1C[C@H](Nc2ncnc3[nH]cc(CC4CC(OC)C4)c23)CC[C@@H]1C.C=CC(=O)N1C[C@H](Nc2ncnc3[nH]cc(CC4CC(OC)C4)c23)CC[C@@H]1C.C=CC(=O)N1C[C@H](Nc2ncnc3[nH]cc([C@H]4CC[C@]5(C4)CC5(C)F)c23)CC[C@@H]1C. The Kier molecular flexibility index (Phi) is 37.3. The molecule has 0 radical (unpaired) electrons. The smallest absolute Gasteiger partial charge is 0.246 e. The third kappa shape index (κ3) is 25.2. The van der Waals surface area contributed by atoms with E-state index in [0.29, 0.717) is 99.6 Å². The Balaban J connectivity index is 0.000000153. The van der Waals surface area contributed by atoms with Crippen LogP contribution in [0.5, 0.6) is 0 Å². The van der Waals surface area contributed by atoms with Gasteiger partial charge < -0.3 is 90.2 Å². The van der Waals surface area contributed by atoms with E-state index in [1.807, 2.05) is 36.9 Å². The molecule has 1 spiro atoms. The second-order valence-electron chi connectivity index (χ2n) is 42.9. The Morgan fingerprint density at radius 1 is 0.435 bits per heavy atom. The van der Waals surface area contributed by atoms with Gasteiger partial charge in [0.25, 0.3) is 0 Å². The number of carbonyl (C=O) groups is 5. The van der Waals surface area contributed by atoms with Crippen molar-refractivity contribution >= 4 is 114 Å². The molecule has 15 heterocycles. The summed E-state index contributed by atoms with van der Waals surface area (Å²) in [7, 11) is 3.57. The molecule has 10 N–H and O–H groups in total. The van der Waals surface area contributed by atoms with Gasteiger partial charge in [0, 0.05) is 144 Å². The number of rotatable bonds is 28. The van der Waals surface area contributed by atoms with Gasteiger partial charge in [-0.1, -0.05) is 88.3 Å². The number of anilines is 5. The highest BCUT2D eigenvalue weighted by atomic mass is 19.1. The first kappa shape index (κ1) is 112. The van der Waals surface area contributed by atoms with E-state index in [0.717, 1.165) is 219 Å². The first-order chi connectivity index (χ1) is 69.1.